The van der Waals surface area contributed by atoms with E-state index in [2.05, 4.69) is 299 Å². The third-order valence-electron chi connectivity index (χ3n) is 20.8. The van der Waals surface area contributed by atoms with Crippen LogP contribution in [0.25, 0.3) is 193 Å². The number of aromatic nitrogens is 12. The van der Waals surface area contributed by atoms with Gasteiger partial charge in [-0.3, -0.25) is 43.6 Å². The molecule has 0 saturated carbocycles. The Hall–Kier alpha value is -15.0. The van der Waals surface area contributed by atoms with Gasteiger partial charge < -0.3 is 0 Å². The van der Waals surface area contributed by atoms with Crippen LogP contribution >= 0.6 is 0 Å². The summed E-state index contributed by atoms with van der Waals surface area (Å²) in [4.78, 5) is 41.1. The van der Waals surface area contributed by atoms with E-state index < -0.39 is 0 Å². The van der Waals surface area contributed by atoms with Crippen molar-refractivity contribution in [3.8, 4) is 84.5 Å². The number of pyridine rings is 9. The van der Waals surface area contributed by atoms with Gasteiger partial charge in [0.15, 0.2) is 0 Å². The second kappa shape index (κ2) is 27.2. The number of hydrogen-bond acceptors (Lipinski definition) is 9. The molecule has 0 aliphatic carbocycles. The Morgan fingerprint density at radius 1 is 0.183 bits per heavy atom. The smallest absolute Gasteiger partial charge is 0.137 e. The standard InChI is InChI=1S/C35H22N4.2C31H20N4/c1-3-9-28-23(6-1)11-15-32-34(28)30-20-25(35-29-10-4-2-7-24(29)17-19-37-35)12-14-31(30)39(32)33-16-13-27(22-38-33)26-8-5-18-36-21-26;1-2-8-26-21(5-1)9-13-29-31(26)27-17-22(23-6-3-15-32-18-23)10-12-28(27)35(29)30-14-11-25(20-34-30)24-7-4-16-33-19-24;1-2-8-25-21(6-1)10-14-29-31(25)26-18-22(27-9-3-4-17-33-27)11-13-28(26)35(29)30-15-12-24(20-34-30)23-7-5-16-32-19-23/h1-22H;2*1-20H. The van der Waals surface area contributed by atoms with Gasteiger partial charge in [-0.25, -0.2) is 15.0 Å². The van der Waals surface area contributed by atoms with Crippen LogP contribution in [0, 0.1) is 0 Å². The molecule has 109 heavy (non-hydrogen) atoms. The summed E-state index contributed by atoms with van der Waals surface area (Å²) in [6, 6.07) is 104. The molecule has 0 amide bonds. The van der Waals surface area contributed by atoms with E-state index in [4.69, 9.17) is 19.9 Å². The first-order valence-corrected chi connectivity index (χ1v) is 36.2. The SMILES string of the molecule is c1ccc(-c2ccc3c(c2)c2c4ccccc4ccc2n3-c2ccc(-c3cccnc3)cn2)nc1.c1cncc(-c2ccc(-n3c4ccc(-c5cccnc5)cc4c4c5ccccc5ccc43)nc2)c1.c1cncc(-c2ccc(-n3c4ccc(-c5nccc6ccccc56)cc4c4c5ccccc5ccc43)nc2)c1. The number of hydrogen-bond donors (Lipinski definition) is 0. The van der Waals surface area contributed by atoms with Crippen LogP contribution in [0.1, 0.15) is 0 Å². The Bertz CT molecular complexity index is 6890. The Morgan fingerprint density at radius 3 is 0.917 bits per heavy atom. The lowest BCUT2D eigenvalue weighted by Crippen LogP contribution is -1.97. The van der Waals surface area contributed by atoms with E-state index in [1.165, 1.54) is 70.0 Å². The van der Waals surface area contributed by atoms with Gasteiger partial charge in [-0.1, -0.05) is 164 Å². The van der Waals surface area contributed by atoms with Crippen LogP contribution in [0.2, 0.25) is 0 Å². The first-order chi connectivity index (χ1) is 54.1. The third-order valence-corrected chi connectivity index (χ3v) is 20.8. The Kier molecular flexibility index (Phi) is 15.9. The Morgan fingerprint density at radius 2 is 0.523 bits per heavy atom. The van der Waals surface area contributed by atoms with E-state index in [0.717, 1.165) is 123 Å². The second-order valence-electron chi connectivity index (χ2n) is 27.0. The highest BCUT2D eigenvalue weighted by Crippen LogP contribution is 2.43. The van der Waals surface area contributed by atoms with Crippen LogP contribution in [0.5, 0.6) is 0 Å². The van der Waals surface area contributed by atoms with E-state index in [1.54, 1.807) is 18.6 Å². The van der Waals surface area contributed by atoms with Crippen molar-refractivity contribution in [3.63, 3.8) is 0 Å². The molecule has 0 fully saturated rings. The normalized spacial score (nSPS) is 11.5. The molecule has 0 aliphatic rings. The van der Waals surface area contributed by atoms with Gasteiger partial charge in [0.1, 0.15) is 17.5 Å². The summed E-state index contributed by atoms with van der Waals surface area (Å²) in [5.74, 6) is 2.66. The molecule has 10 aromatic carbocycles. The van der Waals surface area contributed by atoms with E-state index in [9.17, 15) is 0 Å². The number of rotatable bonds is 9. The van der Waals surface area contributed by atoms with Crippen LogP contribution in [0.4, 0.5) is 0 Å². The topological polar surface area (TPSA) is 131 Å². The van der Waals surface area contributed by atoms with Crippen molar-refractivity contribution in [3.05, 3.63) is 378 Å². The molecule has 0 saturated heterocycles. The highest BCUT2D eigenvalue weighted by Gasteiger charge is 2.22. The summed E-state index contributed by atoms with van der Waals surface area (Å²) < 4.78 is 6.79. The summed E-state index contributed by atoms with van der Waals surface area (Å²) in [6.07, 6.45) is 24.2. The number of nitrogens with zero attached hydrogens (tertiary/aromatic N) is 12. The average Bonchev–Trinajstić information content (AvgIpc) is 1.59. The lowest BCUT2D eigenvalue weighted by Gasteiger charge is -2.09. The fraction of sp³-hybridized carbons (Fsp3) is 0. The minimum atomic E-state index is 0.883. The van der Waals surface area contributed by atoms with Crippen LogP contribution in [0.3, 0.4) is 0 Å². The fourth-order valence-corrected chi connectivity index (χ4v) is 15.7. The van der Waals surface area contributed by atoms with Gasteiger partial charge in [-0.15, -0.1) is 0 Å². The third kappa shape index (κ3) is 11.5. The maximum atomic E-state index is 4.92. The minimum Gasteiger partial charge on any atom is -0.294 e. The molecule has 0 atom stereocenters. The van der Waals surface area contributed by atoms with E-state index in [-0.39, 0.29) is 0 Å². The van der Waals surface area contributed by atoms with Gasteiger partial charge >= 0.3 is 0 Å². The fourth-order valence-electron chi connectivity index (χ4n) is 15.7. The molecular formula is C97H62N12. The zero-order valence-electron chi connectivity index (χ0n) is 58.7. The molecule has 0 bridgehead atoms. The highest BCUT2D eigenvalue weighted by molar-refractivity contribution is 6.24. The van der Waals surface area contributed by atoms with Crippen molar-refractivity contribution < 1.29 is 0 Å². The van der Waals surface area contributed by atoms with Gasteiger partial charge in [0.05, 0.1) is 44.5 Å². The van der Waals surface area contributed by atoms with Crippen LogP contribution < -0.4 is 0 Å². The zero-order chi connectivity index (χ0) is 72.1. The van der Waals surface area contributed by atoms with Gasteiger partial charge in [0, 0.05) is 168 Å². The highest BCUT2D eigenvalue weighted by atomic mass is 15.1. The Balaban J connectivity index is 0.000000108. The molecular weight excluding hydrogens is 1330 g/mol. The summed E-state index contributed by atoms with van der Waals surface area (Å²) >= 11 is 0. The van der Waals surface area contributed by atoms with Gasteiger partial charge in [-0.2, -0.15) is 0 Å². The summed E-state index contributed by atoms with van der Waals surface area (Å²) in [6.45, 7) is 0. The maximum Gasteiger partial charge on any atom is 0.137 e. The van der Waals surface area contributed by atoms with Crippen molar-refractivity contribution in [1.29, 1.82) is 0 Å². The predicted octanol–water partition coefficient (Wildman–Crippen LogP) is 23.5. The first-order valence-electron chi connectivity index (χ1n) is 36.2. The lowest BCUT2D eigenvalue weighted by molar-refractivity contribution is 1.08. The molecule has 0 spiro atoms. The van der Waals surface area contributed by atoms with E-state index >= 15 is 0 Å². The van der Waals surface area contributed by atoms with Crippen LogP contribution in [0.15, 0.2) is 378 Å². The average molecular weight is 1400 g/mol. The molecule has 0 unspecified atom stereocenters. The maximum absolute atomic E-state index is 4.92. The van der Waals surface area contributed by atoms with Crippen molar-refractivity contribution in [1.82, 2.24) is 58.6 Å². The number of benzene rings is 10. The zero-order valence-corrected chi connectivity index (χ0v) is 58.7. The molecule has 0 radical (unpaired) electrons. The lowest BCUT2D eigenvalue weighted by atomic mass is 10.00. The van der Waals surface area contributed by atoms with E-state index in [0.29, 0.717) is 0 Å². The van der Waals surface area contributed by atoms with Crippen LogP contribution in [-0.4, -0.2) is 58.6 Å². The molecule has 12 heterocycles. The minimum absolute atomic E-state index is 0.883. The molecule has 12 nitrogen and oxygen atoms in total. The van der Waals surface area contributed by atoms with E-state index in [1.807, 2.05) is 98.4 Å². The van der Waals surface area contributed by atoms with Crippen LogP contribution in [-0.2, 0) is 0 Å². The summed E-state index contributed by atoms with van der Waals surface area (Å²) in [7, 11) is 0. The summed E-state index contributed by atoms with van der Waals surface area (Å²) in [5, 5.41) is 17.0. The quantitative estimate of drug-likeness (QED) is 0.139. The van der Waals surface area contributed by atoms with Crippen molar-refractivity contribution in [2.24, 2.45) is 0 Å². The molecule has 12 heteroatoms. The predicted molar refractivity (Wildman–Crippen MR) is 445 cm³/mol. The molecule has 22 aromatic rings. The Labute approximate surface area is 625 Å². The van der Waals surface area contributed by atoms with Gasteiger partial charge in [0.25, 0.3) is 0 Å². The molecule has 12 aromatic heterocycles. The van der Waals surface area contributed by atoms with Crippen molar-refractivity contribution >= 4 is 109 Å². The molecule has 0 aliphatic heterocycles. The summed E-state index contributed by atoms with van der Waals surface area (Å²) in [5.41, 5.74) is 19.5. The largest absolute Gasteiger partial charge is 0.294 e. The van der Waals surface area contributed by atoms with Crippen molar-refractivity contribution in [2.75, 3.05) is 0 Å². The molecule has 0 N–H and O–H groups in total. The monoisotopic (exact) mass is 1390 g/mol. The first kappa shape index (κ1) is 63.7. The second-order valence-corrected chi connectivity index (χ2v) is 27.0. The van der Waals surface area contributed by atoms with Crippen molar-refractivity contribution in [2.45, 2.75) is 0 Å². The molecule has 510 valence electrons. The number of fused-ring (bicyclic) bond motifs is 16. The van der Waals surface area contributed by atoms with Gasteiger partial charge in [-0.05, 0) is 177 Å². The van der Waals surface area contributed by atoms with Gasteiger partial charge in [0.2, 0.25) is 0 Å². The molecule has 22 rings (SSSR count).